The van der Waals surface area contributed by atoms with Crippen molar-refractivity contribution in [3.63, 3.8) is 0 Å². The van der Waals surface area contributed by atoms with Gasteiger partial charge in [-0.05, 0) is 20.3 Å². The van der Waals surface area contributed by atoms with Crippen LogP contribution in [0.3, 0.4) is 0 Å². The average molecular weight is 175 g/mol. The number of rotatable bonds is 2. The molecule has 3 heteroatoms. The molecule has 1 aliphatic rings. The lowest BCUT2D eigenvalue weighted by atomic mass is 10.1. The largest absolute Gasteiger partial charge is 0.295 e. The summed E-state index contributed by atoms with van der Waals surface area (Å²) in [5.41, 5.74) is 1.03. The molecule has 1 rings (SSSR count). The number of hydrogen-bond donors (Lipinski definition) is 0. The van der Waals surface area contributed by atoms with Gasteiger partial charge in [-0.25, -0.2) is 0 Å². The molecular formula is C8H15ClN2. The molecule has 1 atom stereocenters. The van der Waals surface area contributed by atoms with Crippen molar-refractivity contribution in [1.29, 1.82) is 0 Å². The van der Waals surface area contributed by atoms with E-state index in [0.717, 1.165) is 25.2 Å². The van der Waals surface area contributed by atoms with Gasteiger partial charge in [-0.15, -0.1) is 11.6 Å². The molecule has 0 aromatic carbocycles. The Bertz CT molecular complexity index is 175. The zero-order valence-corrected chi connectivity index (χ0v) is 8.15. The molecular weight excluding hydrogens is 160 g/mol. The molecule has 0 aromatic rings. The first kappa shape index (κ1) is 8.85. The quantitative estimate of drug-likeness (QED) is 0.586. The molecule has 0 saturated carbocycles. The molecule has 1 unspecified atom stereocenters. The first-order chi connectivity index (χ1) is 5.06. The molecule has 64 valence electrons. The van der Waals surface area contributed by atoms with Gasteiger partial charge in [0.15, 0.2) is 0 Å². The Morgan fingerprint density at radius 3 is 2.73 bits per heavy atom. The predicted octanol–water partition coefficient (Wildman–Crippen LogP) is 2.09. The summed E-state index contributed by atoms with van der Waals surface area (Å²) in [6.07, 6.45) is 1.13. The van der Waals surface area contributed by atoms with Crippen molar-refractivity contribution >= 4 is 17.3 Å². The third-order valence-electron chi connectivity index (χ3n) is 2.01. The van der Waals surface area contributed by atoms with Gasteiger partial charge in [-0.3, -0.25) is 5.01 Å². The highest BCUT2D eigenvalue weighted by Gasteiger charge is 2.32. The maximum Gasteiger partial charge on any atom is 0.100 e. The van der Waals surface area contributed by atoms with Crippen LogP contribution in [0.15, 0.2) is 5.10 Å². The van der Waals surface area contributed by atoms with Gasteiger partial charge in [0.2, 0.25) is 0 Å². The molecule has 0 N–H and O–H groups in total. The van der Waals surface area contributed by atoms with Crippen LogP contribution in [0.1, 0.15) is 27.2 Å². The lowest BCUT2D eigenvalue weighted by molar-refractivity contribution is 0.306. The zero-order chi connectivity index (χ0) is 8.48. The van der Waals surface area contributed by atoms with Crippen molar-refractivity contribution in [3.05, 3.63) is 0 Å². The Labute approximate surface area is 73.2 Å². The Hall–Kier alpha value is -0.240. The van der Waals surface area contributed by atoms with Crippen LogP contribution in [0.5, 0.6) is 0 Å². The van der Waals surface area contributed by atoms with E-state index in [0.29, 0.717) is 0 Å². The minimum absolute atomic E-state index is 0.227. The van der Waals surface area contributed by atoms with Crippen molar-refractivity contribution in [2.24, 2.45) is 5.10 Å². The number of halogens is 1. The molecule has 0 aromatic heterocycles. The van der Waals surface area contributed by atoms with Crippen LogP contribution < -0.4 is 0 Å². The first-order valence-corrected chi connectivity index (χ1v) is 4.43. The van der Waals surface area contributed by atoms with Crippen LogP contribution in [0.25, 0.3) is 0 Å². The summed E-state index contributed by atoms with van der Waals surface area (Å²) in [5.74, 6) is 0. The van der Waals surface area contributed by atoms with Crippen LogP contribution in [0.2, 0.25) is 0 Å². The Balaban J connectivity index is 2.56. The minimum atomic E-state index is -0.227. The normalized spacial score (nSPS) is 30.9. The second-order valence-electron chi connectivity index (χ2n) is 3.27. The van der Waals surface area contributed by atoms with Crippen LogP contribution in [-0.2, 0) is 0 Å². The number of hydrogen-bond acceptors (Lipinski definition) is 2. The van der Waals surface area contributed by atoms with E-state index in [4.69, 9.17) is 11.6 Å². The zero-order valence-electron chi connectivity index (χ0n) is 7.39. The Morgan fingerprint density at radius 2 is 2.36 bits per heavy atom. The highest BCUT2D eigenvalue weighted by molar-refractivity contribution is 6.36. The predicted molar refractivity (Wildman–Crippen MR) is 49.2 cm³/mol. The summed E-state index contributed by atoms with van der Waals surface area (Å²) in [5, 5.41) is 6.39. The molecule has 0 aliphatic carbocycles. The Morgan fingerprint density at radius 1 is 1.73 bits per heavy atom. The van der Waals surface area contributed by atoms with Gasteiger partial charge in [-0.2, -0.15) is 5.10 Å². The molecule has 0 fully saturated rings. The summed E-state index contributed by atoms with van der Waals surface area (Å²) in [6, 6.07) is 0. The molecule has 1 aliphatic heterocycles. The van der Waals surface area contributed by atoms with Crippen molar-refractivity contribution < 1.29 is 0 Å². The summed E-state index contributed by atoms with van der Waals surface area (Å²) in [7, 11) is 0. The third-order valence-corrected chi connectivity index (χ3v) is 2.40. The minimum Gasteiger partial charge on any atom is -0.295 e. The number of alkyl halides is 1. The van der Waals surface area contributed by atoms with E-state index in [1.54, 1.807) is 0 Å². The molecule has 0 bridgehead atoms. The summed E-state index contributed by atoms with van der Waals surface area (Å²) in [6.45, 7) is 8.02. The summed E-state index contributed by atoms with van der Waals surface area (Å²) < 4.78 is 0. The van der Waals surface area contributed by atoms with E-state index in [9.17, 15) is 0 Å². The third kappa shape index (κ3) is 1.86. The SMILES string of the molecule is CCCN1CC(C)(Cl)C(C)=N1. The molecule has 11 heavy (non-hydrogen) atoms. The fourth-order valence-corrected chi connectivity index (χ4v) is 1.37. The standard InChI is InChI=1S/C8H15ClN2/c1-4-5-11-6-8(3,9)7(2)10-11/h4-6H2,1-3H3. The molecule has 1 heterocycles. The van der Waals surface area contributed by atoms with Gasteiger partial charge in [0.05, 0.1) is 12.3 Å². The van der Waals surface area contributed by atoms with E-state index in [-0.39, 0.29) is 4.87 Å². The summed E-state index contributed by atoms with van der Waals surface area (Å²) >= 11 is 6.18. The lowest BCUT2D eigenvalue weighted by Gasteiger charge is -2.17. The van der Waals surface area contributed by atoms with Gasteiger partial charge in [0.1, 0.15) is 4.87 Å². The van der Waals surface area contributed by atoms with E-state index >= 15 is 0 Å². The molecule has 0 radical (unpaired) electrons. The topological polar surface area (TPSA) is 15.6 Å². The lowest BCUT2D eigenvalue weighted by Crippen LogP contribution is -2.30. The van der Waals surface area contributed by atoms with E-state index in [1.807, 2.05) is 18.9 Å². The molecule has 2 nitrogen and oxygen atoms in total. The maximum atomic E-state index is 6.18. The van der Waals surface area contributed by atoms with Crippen LogP contribution in [0.4, 0.5) is 0 Å². The van der Waals surface area contributed by atoms with Crippen molar-refractivity contribution in [3.8, 4) is 0 Å². The van der Waals surface area contributed by atoms with Crippen LogP contribution >= 0.6 is 11.6 Å². The van der Waals surface area contributed by atoms with Gasteiger partial charge >= 0.3 is 0 Å². The average Bonchev–Trinajstić information content (AvgIpc) is 2.08. The van der Waals surface area contributed by atoms with Gasteiger partial charge in [0.25, 0.3) is 0 Å². The Kier molecular flexibility index (Phi) is 2.43. The monoisotopic (exact) mass is 174 g/mol. The van der Waals surface area contributed by atoms with Crippen LogP contribution in [-0.4, -0.2) is 28.7 Å². The summed E-state index contributed by atoms with van der Waals surface area (Å²) in [4.78, 5) is -0.227. The van der Waals surface area contributed by atoms with Crippen molar-refractivity contribution in [2.45, 2.75) is 32.1 Å². The second kappa shape index (κ2) is 3.02. The molecule has 0 saturated heterocycles. The van der Waals surface area contributed by atoms with Gasteiger partial charge in [-0.1, -0.05) is 6.92 Å². The van der Waals surface area contributed by atoms with Gasteiger partial charge < -0.3 is 0 Å². The number of hydrazone groups is 1. The van der Waals surface area contributed by atoms with Crippen molar-refractivity contribution in [2.75, 3.05) is 13.1 Å². The second-order valence-corrected chi connectivity index (χ2v) is 4.11. The fourth-order valence-electron chi connectivity index (χ4n) is 1.20. The highest BCUT2D eigenvalue weighted by atomic mass is 35.5. The molecule has 0 spiro atoms. The van der Waals surface area contributed by atoms with Gasteiger partial charge in [0, 0.05) is 6.54 Å². The highest BCUT2D eigenvalue weighted by Crippen LogP contribution is 2.24. The molecule has 0 amide bonds. The van der Waals surface area contributed by atoms with E-state index < -0.39 is 0 Å². The maximum absolute atomic E-state index is 6.18. The fraction of sp³-hybridized carbons (Fsp3) is 0.875. The van der Waals surface area contributed by atoms with Crippen LogP contribution in [0, 0.1) is 0 Å². The number of nitrogens with zero attached hydrogens (tertiary/aromatic N) is 2. The van der Waals surface area contributed by atoms with Crippen molar-refractivity contribution in [1.82, 2.24) is 5.01 Å². The van der Waals surface area contributed by atoms with E-state index in [1.165, 1.54) is 0 Å². The first-order valence-electron chi connectivity index (χ1n) is 4.06. The van der Waals surface area contributed by atoms with E-state index in [2.05, 4.69) is 12.0 Å². The smallest absolute Gasteiger partial charge is 0.100 e.